The molecular formula is C91H52Cl5N11O5. The van der Waals surface area contributed by atoms with Crippen molar-refractivity contribution >= 4 is 168 Å². The molecule has 0 saturated carbocycles. The van der Waals surface area contributed by atoms with Gasteiger partial charge >= 0.3 is 0 Å². The predicted octanol–water partition coefficient (Wildman–Crippen LogP) is 26.2. The summed E-state index contributed by atoms with van der Waals surface area (Å²) in [5.74, 6) is 0. The van der Waals surface area contributed by atoms with Crippen LogP contribution in [0, 0.1) is 0 Å². The van der Waals surface area contributed by atoms with Gasteiger partial charge in [-0.25, -0.2) is 49.8 Å². The molecule has 0 atom stereocenters. The van der Waals surface area contributed by atoms with Crippen LogP contribution in [0.3, 0.4) is 0 Å². The Kier molecular flexibility index (Phi) is 17.7. The van der Waals surface area contributed by atoms with Gasteiger partial charge in [0.05, 0.1) is 6.85 Å². The van der Waals surface area contributed by atoms with Gasteiger partial charge in [0.1, 0.15) is 84.0 Å². The Labute approximate surface area is 668 Å². The summed E-state index contributed by atoms with van der Waals surface area (Å²) in [6.07, 6.45) is 3.44. The quantitative estimate of drug-likeness (QED) is 0.136. The van der Waals surface area contributed by atoms with Crippen LogP contribution in [0.1, 0.15) is 6.85 Å². The monoisotopic (exact) mass is 1560 g/mol. The zero-order valence-electron chi connectivity index (χ0n) is 63.0. The number of nitrogens with zero attached hydrogens (tertiary/aromatic N) is 11. The van der Waals surface area contributed by atoms with E-state index in [0.29, 0.717) is 55.9 Å². The number of furan rings is 5. The molecule has 0 saturated heterocycles. The van der Waals surface area contributed by atoms with Crippen molar-refractivity contribution in [2.45, 2.75) is 0 Å². The molecule has 0 aliphatic heterocycles. The standard InChI is InChI=1S/2C22H13ClN2O.2C16H9ClN2O.C15H8ClN3O/c23-22-24-19(21-20(25-22)17-11-4-5-12-18(17)26-21)16-10-6-9-15(13-16)14-7-2-1-3-8-14;23-22-24-19(21-20(25-22)17-8-4-5-9-18(17)26-21)16-12-10-15(11-13-16)14-6-2-1-3-7-14;2*17-16-18-13(10-6-2-1-3-7-10)15-14(19-16)11-8-4-5-9-12(11)20-15;16-15-18-12(9-4-3-7-17-8-9)14-13(19-15)10-5-1-2-6-11(10)20-14/h2*1-13H;2*1-9H;1-8H/i;;1D,2D,3D,6D,7D;;. The smallest absolute Gasteiger partial charge is 0.223 e. The molecule has 16 nitrogen and oxygen atoms in total. The molecule has 0 spiro atoms. The van der Waals surface area contributed by atoms with Gasteiger partial charge in [0.2, 0.25) is 26.4 Å². The average Bonchev–Trinajstić information content (AvgIpc) is 1.75. The van der Waals surface area contributed by atoms with Gasteiger partial charge in [-0.05, 0) is 159 Å². The molecule has 11 aromatic carbocycles. The van der Waals surface area contributed by atoms with E-state index in [1.807, 2.05) is 206 Å². The lowest BCUT2D eigenvalue weighted by atomic mass is 10.0. The topological polar surface area (TPSA) is 207 Å². The molecule has 11 aromatic heterocycles. The van der Waals surface area contributed by atoms with Crippen LogP contribution in [0.15, 0.2) is 338 Å². The molecule has 22 rings (SSSR count). The van der Waals surface area contributed by atoms with Crippen LogP contribution in [0.4, 0.5) is 0 Å². The molecule has 11 heterocycles. The molecule has 536 valence electrons. The van der Waals surface area contributed by atoms with Crippen molar-refractivity contribution in [1.82, 2.24) is 54.8 Å². The van der Waals surface area contributed by atoms with E-state index in [4.69, 9.17) is 86.9 Å². The first kappa shape index (κ1) is 64.4. The maximum atomic E-state index is 8.14. The maximum absolute atomic E-state index is 8.14. The SMILES string of the molecule is Clc1nc(-c2ccc(-c3ccccc3)cc2)c2oc3ccccc3c2n1.Clc1nc(-c2cccc(-c3ccccc3)c2)c2oc3ccccc3c2n1.Clc1nc(-c2ccccc2)c2oc3ccccc3c2n1.Clc1nc(-c2cccnc2)c2oc3ccccc3c2n1.[2H]c1c([2H])c([2H])c(-c2nc(Cl)nc3c2oc2ccccc23)c([2H])c1[2H]. The number of benzene rings is 11. The first-order valence-electron chi connectivity index (χ1n) is 37.2. The van der Waals surface area contributed by atoms with Gasteiger partial charge in [0.25, 0.3) is 0 Å². The molecule has 0 aliphatic rings. The third-order valence-electron chi connectivity index (χ3n) is 18.2. The minimum absolute atomic E-state index is 0.0700. The fourth-order valence-electron chi connectivity index (χ4n) is 13.2. The normalized spacial score (nSPS) is 11.9. The highest BCUT2D eigenvalue weighted by molar-refractivity contribution is 6.31. The van der Waals surface area contributed by atoms with Crippen molar-refractivity contribution in [1.29, 1.82) is 0 Å². The number of para-hydroxylation sites is 5. The van der Waals surface area contributed by atoms with E-state index >= 15 is 0 Å². The Morgan fingerprint density at radius 3 is 0.857 bits per heavy atom. The summed E-state index contributed by atoms with van der Waals surface area (Å²) in [6, 6.07) is 86.7. The largest absolute Gasteiger partial charge is 0.452 e. The van der Waals surface area contributed by atoms with Crippen LogP contribution in [-0.2, 0) is 0 Å². The summed E-state index contributed by atoms with van der Waals surface area (Å²) < 4.78 is 69.3. The van der Waals surface area contributed by atoms with E-state index in [9.17, 15) is 0 Å². The second kappa shape index (κ2) is 30.8. The van der Waals surface area contributed by atoms with Gasteiger partial charge < -0.3 is 22.1 Å². The number of halogens is 5. The minimum Gasteiger partial charge on any atom is -0.452 e. The zero-order valence-corrected chi connectivity index (χ0v) is 61.8. The molecule has 0 bridgehead atoms. The van der Waals surface area contributed by atoms with Crippen LogP contribution in [-0.4, -0.2) is 54.8 Å². The number of rotatable bonds is 7. The highest BCUT2D eigenvalue weighted by atomic mass is 35.5. The number of hydrogen-bond acceptors (Lipinski definition) is 16. The molecule has 0 aliphatic carbocycles. The van der Waals surface area contributed by atoms with Crippen LogP contribution in [0.2, 0.25) is 26.4 Å². The van der Waals surface area contributed by atoms with Crippen LogP contribution >= 0.6 is 58.0 Å². The summed E-state index contributed by atoms with van der Waals surface area (Å²) in [5.41, 5.74) is 20.9. The van der Waals surface area contributed by atoms with E-state index in [1.165, 1.54) is 5.56 Å². The summed E-state index contributed by atoms with van der Waals surface area (Å²) in [5, 5.41) is 5.21. The summed E-state index contributed by atoms with van der Waals surface area (Å²) in [7, 11) is 0. The second-order valence-electron chi connectivity index (χ2n) is 25.1. The van der Waals surface area contributed by atoms with Gasteiger partial charge in [-0.2, -0.15) is 0 Å². The van der Waals surface area contributed by atoms with E-state index in [0.717, 1.165) is 111 Å². The first-order valence-corrected chi connectivity index (χ1v) is 36.6. The third kappa shape index (κ3) is 14.1. The molecule has 0 unspecified atom stereocenters. The van der Waals surface area contributed by atoms with Crippen molar-refractivity contribution in [3.05, 3.63) is 342 Å². The number of hydrogen-bond donors (Lipinski definition) is 0. The lowest BCUT2D eigenvalue weighted by Gasteiger charge is -2.06. The Morgan fingerprint density at radius 2 is 0.491 bits per heavy atom. The molecule has 0 fully saturated rings. The lowest BCUT2D eigenvalue weighted by Crippen LogP contribution is -1.90. The molecule has 0 N–H and O–H groups in total. The van der Waals surface area contributed by atoms with E-state index in [1.54, 1.807) is 30.6 Å². The molecule has 0 radical (unpaired) electrons. The molecular weight excluding hydrogens is 1500 g/mol. The Balaban J connectivity index is 0.000000101. The highest BCUT2D eigenvalue weighted by Crippen LogP contribution is 2.41. The molecule has 21 heteroatoms. The van der Waals surface area contributed by atoms with Gasteiger partial charge in [0.15, 0.2) is 27.9 Å². The van der Waals surface area contributed by atoms with Crippen LogP contribution in [0.5, 0.6) is 0 Å². The number of fused-ring (bicyclic) bond motifs is 15. The van der Waals surface area contributed by atoms with E-state index in [2.05, 4.69) is 103 Å². The van der Waals surface area contributed by atoms with Gasteiger partial charge in [-0.3, -0.25) is 4.98 Å². The first-order chi connectivity index (χ1) is 57.1. The zero-order chi connectivity index (χ0) is 80.0. The van der Waals surface area contributed by atoms with Crippen molar-refractivity contribution < 1.29 is 28.9 Å². The summed E-state index contributed by atoms with van der Waals surface area (Å²) in [6.45, 7) is 0. The lowest BCUT2D eigenvalue weighted by molar-refractivity contribution is 0.667. The van der Waals surface area contributed by atoms with Crippen molar-refractivity contribution in [2.75, 3.05) is 0 Å². The van der Waals surface area contributed by atoms with Crippen molar-refractivity contribution in [3.63, 3.8) is 0 Å². The average molecular weight is 1560 g/mol. The van der Waals surface area contributed by atoms with E-state index < -0.39 is 18.1 Å². The van der Waals surface area contributed by atoms with Gasteiger partial charge in [-0.1, -0.05) is 224 Å². The highest BCUT2D eigenvalue weighted by Gasteiger charge is 2.23. The maximum Gasteiger partial charge on any atom is 0.223 e. The van der Waals surface area contributed by atoms with Crippen LogP contribution in [0.25, 0.3) is 189 Å². The van der Waals surface area contributed by atoms with Gasteiger partial charge in [-0.15, -0.1) is 0 Å². The van der Waals surface area contributed by atoms with Crippen LogP contribution < -0.4 is 0 Å². The predicted molar refractivity (Wildman–Crippen MR) is 447 cm³/mol. The third-order valence-corrected chi connectivity index (χ3v) is 19.0. The number of aromatic nitrogens is 11. The minimum atomic E-state index is -0.472. The Bertz CT molecular complexity index is 7380. The molecule has 0 amide bonds. The Hall–Kier alpha value is -13.6. The second-order valence-corrected chi connectivity index (χ2v) is 26.8. The van der Waals surface area contributed by atoms with Gasteiger partial charge in [0, 0.05) is 67.1 Å². The fraction of sp³-hybridized carbons (Fsp3) is 0. The molecule has 112 heavy (non-hydrogen) atoms. The number of pyridine rings is 1. The summed E-state index contributed by atoms with van der Waals surface area (Å²) >= 11 is 30.6. The van der Waals surface area contributed by atoms with Crippen molar-refractivity contribution in [2.24, 2.45) is 0 Å². The fourth-order valence-corrected chi connectivity index (χ4v) is 14.0. The van der Waals surface area contributed by atoms with E-state index in [-0.39, 0.29) is 55.3 Å². The molecule has 22 aromatic rings. The Morgan fingerprint density at radius 1 is 0.223 bits per heavy atom. The summed E-state index contributed by atoms with van der Waals surface area (Å²) in [4.78, 5) is 47.3. The van der Waals surface area contributed by atoms with Crippen molar-refractivity contribution in [3.8, 4) is 78.5 Å².